The average Bonchev–Trinajstić information content (AvgIpc) is 3.93. The number of benzene rings is 3. The van der Waals surface area contributed by atoms with E-state index in [2.05, 4.69) is 36.2 Å². The Morgan fingerprint density at radius 3 is 1.67 bits per heavy atom. The number of hydrogen-bond donors (Lipinski definition) is 5. The SMILES string of the molecule is C.CC(C)(C)OC(=O)N[C@H]1CCC[C@@H](Nc2ncc(Cl)c(-c3c[nH]c4ccccc34)n2)C1.CC(C)(C)OC(=O)N[C@H]1CCC[C@@H](Nc2ncc(Cl)c(-c3cn(S(=O)(=O)c4ccccc4)c4ccccc34)n2)C1. The summed E-state index contributed by atoms with van der Waals surface area (Å²) in [5, 5.41) is 15.3. The van der Waals surface area contributed by atoms with Crippen LogP contribution in [-0.2, 0) is 19.5 Å². The molecule has 4 atom stereocenters. The Balaban J connectivity index is 0.000000215. The van der Waals surface area contributed by atoms with E-state index in [1.165, 1.54) is 10.2 Å². The van der Waals surface area contributed by atoms with E-state index in [4.69, 9.17) is 42.6 Å². The molecule has 2 aliphatic rings. The Morgan fingerprint density at radius 1 is 0.653 bits per heavy atom. The van der Waals surface area contributed by atoms with Gasteiger partial charge in [-0.3, -0.25) is 0 Å². The molecule has 0 radical (unpaired) electrons. The standard InChI is InChI=1S/C29H32ClN5O4S.C23H28ClN5O2.CH4/c1-29(2,3)39-28(36)33-20-11-9-10-19(16-20)32-27-31-17-24(30)26(34-27)23-18-35(25-15-8-7-14-22(23)25)40(37,38)21-12-5-4-6-13-21;1-23(2,3)31-22(30)28-15-8-6-7-14(11-15)27-21-26-13-18(24)20(29-21)17-12-25-19-10-5-4-9-16(17)19;/h4-8,12-15,17-20H,9-11,16H2,1-3H3,(H,33,36)(H,31,32,34);4-5,9-10,12-15,25H,6-8,11H2,1-3H3,(H,28,30)(H,26,27,29);1H4/t19-,20+;14-,15+;/m11./s1. The van der Waals surface area contributed by atoms with Crippen LogP contribution in [0.4, 0.5) is 21.5 Å². The summed E-state index contributed by atoms with van der Waals surface area (Å²) >= 11 is 13.0. The number of aromatic amines is 1. The summed E-state index contributed by atoms with van der Waals surface area (Å²) in [4.78, 5) is 46.0. The smallest absolute Gasteiger partial charge is 0.407 e. The van der Waals surface area contributed by atoms with Gasteiger partial charge in [-0.15, -0.1) is 0 Å². The van der Waals surface area contributed by atoms with Crippen LogP contribution in [0.25, 0.3) is 44.3 Å². The van der Waals surface area contributed by atoms with Crippen molar-refractivity contribution < 1.29 is 27.5 Å². The summed E-state index contributed by atoms with van der Waals surface area (Å²) in [6, 6.07) is 23.8. The molecule has 0 bridgehead atoms. The van der Waals surface area contributed by atoms with Gasteiger partial charge in [0.05, 0.1) is 44.2 Å². The highest BCUT2D eigenvalue weighted by Crippen LogP contribution is 2.37. The van der Waals surface area contributed by atoms with Crippen molar-refractivity contribution in [3.05, 3.63) is 114 Å². The van der Waals surface area contributed by atoms with E-state index < -0.39 is 27.3 Å². The van der Waals surface area contributed by atoms with Crippen LogP contribution >= 0.6 is 23.2 Å². The Morgan fingerprint density at radius 2 is 1.12 bits per heavy atom. The number of fused-ring (bicyclic) bond motifs is 2. The molecule has 72 heavy (non-hydrogen) atoms. The highest BCUT2D eigenvalue weighted by molar-refractivity contribution is 7.90. The molecule has 5 N–H and O–H groups in total. The lowest BCUT2D eigenvalue weighted by molar-refractivity contribution is 0.0479. The number of H-pyrrole nitrogens is 1. The number of ether oxygens (including phenoxy) is 2. The van der Waals surface area contributed by atoms with Gasteiger partial charge in [0.15, 0.2) is 0 Å². The molecule has 19 heteroatoms. The highest BCUT2D eigenvalue weighted by Gasteiger charge is 2.29. The van der Waals surface area contributed by atoms with Gasteiger partial charge in [0, 0.05) is 64.0 Å². The van der Waals surface area contributed by atoms with Crippen molar-refractivity contribution in [3.63, 3.8) is 0 Å². The lowest BCUT2D eigenvalue weighted by Gasteiger charge is -2.31. The van der Waals surface area contributed by atoms with E-state index >= 15 is 0 Å². The Hall–Kier alpha value is -6.43. The van der Waals surface area contributed by atoms with Gasteiger partial charge in [0.1, 0.15) is 11.2 Å². The average molecular weight is 1040 g/mol. The molecule has 3 aromatic carbocycles. The molecule has 2 aliphatic carbocycles. The maximum atomic E-state index is 13.5. The number of halogens is 2. The summed E-state index contributed by atoms with van der Waals surface area (Å²) < 4.78 is 39.1. The van der Waals surface area contributed by atoms with Gasteiger partial charge in [0.2, 0.25) is 11.9 Å². The molecule has 0 saturated heterocycles. The normalized spacial score (nSPS) is 18.2. The molecular formula is C53H64Cl2N10O6S. The van der Waals surface area contributed by atoms with Crippen LogP contribution in [0.15, 0.2) is 109 Å². The molecule has 2 amide bonds. The Labute approximate surface area is 431 Å². The molecular weight excluding hydrogens is 976 g/mol. The van der Waals surface area contributed by atoms with Crippen LogP contribution in [0.5, 0.6) is 0 Å². The first-order valence-electron chi connectivity index (χ1n) is 23.8. The predicted molar refractivity (Wildman–Crippen MR) is 286 cm³/mol. The van der Waals surface area contributed by atoms with E-state index in [-0.39, 0.29) is 42.6 Å². The van der Waals surface area contributed by atoms with Crippen LogP contribution in [0.2, 0.25) is 10.0 Å². The highest BCUT2D eigenvalue weighted by atomic mass is 35.5. The lowest BCUT2D eigenvalue weighted by atomic mass is 9.91. The molecule has 2 saturated carbocycles. The maximum Gasteiger partial charge on any atom is 0.407 e. The largest absolute Gasteiger partial charge is 0.444 e. The third kappa shape index (κ3) is 13.3. The van der Waals surface area contributed by atoms with Crippen molar-refractivity contribution in [3.8, 4) is 22.5 Å². The van der Waals surface area contributed by atoms with E-state index in [0.717, 1.165) is 61.4 Å². The molecule has 0 aliphatic heterocycles. The number of nitrogens with one attached hydrogen (secondary N) is 5. The summed E-state index contributed by atoms with van der Waals surface area (Å²) in [6.45, 7) is 11.1. The maximum absolute atomic E-state index is 13.5. The lowest BCUT2D eigenvalue weighted by Crippen LogP contribution is -2.44. The second-order valence-corrected chi connectivity index (χ2v) is 22.5. The van der Waals surface area contributed by atoms with Crippen molar-refractivity contribution in [2.24, 2.45) is 0 Å². The van der Waals surface area contributed by atoms with Gasteiger partial charge in [-0.1, -0.05) is 85.2 Å². The Kier molecular flexibility index (Phi) is 16.7. The number of nitrogens with zero attached hydrogens (tertiary/aromatic N) is 5. The molecule has 7 aromatic rings. The quantitative estimate of drug-likeness (QED) is 0.0867. The minimum absolute atomic E-state index is 0. The molecule has 2 fully saturated rings. The van der Waals surface area contributed by atoms with Gasteiger partial charge in [-0.25, -0.2) is 41.9 Å². The van der Waals surface area contributed by atoms with Gasteiger partial charge in [0.25, 0.3) is 10.0 Å². The number of carbonyl (C=O) groups is 2. The van der Waals surface area contributed by atoms with E-state index in [9.17, 15) is 18.0 Å². The monoisotopic (exact) mass is 1040 g/mol. The van der Waals surface area contributed by atoms with Crippen LogP contribution < -0.4 is 21.3 Å². The molecule has 0 spiro atoms. The first kappa shape index (κ1) is 53.4. The molecule has 382 valence electrons. The van der Waals surface area contributed by atoms with Crippen LogP contribution in [-0.4, -0.2) is 84.9 Å². The van der Waals surface area contributed by atoms with Crippen LogP contribution in [0, 0.1) is 0 Å². The van der Waals surface area contributed by atoms with Crippen molar-refractivity contribution in [2.45, 2.75) is 141 Å². The van der Waals surface area contributed by atoms with Crippen molar-refractivity contribution >= 4 is 79.1 Å². The molecule has 4 heterocycles. The number of alkyl carbamates (subject to hydrolysis) is 2. The van der Waals surface area contributed by atoms with Crippen molar-refractivity contribution in [1.82, 2.24) is 39.5 Å². The molecule has 4 aromatic heterocycles. The summed E-state index contributed by atoms with van der Waals surface area (Å²) in [6.07, 6.45) is 12.9. The molecule has 16 nitrogen and oxygen atoms in total. The first-order valence-corrected chi connectivity index (χ1v) is 26.0. The summed E-state index contributed by atoms with van der Waals surface area (Å²) in [5.74, 6) is 0.915. The van der Waals surface area contributed by atoms with Crippen LogP contribution in [0.1, 0.15) is 100 Å². The fourth-order valence-corrected chi connectivity index (χ4v) is 10.8. The number of amides is 2. The summed E-state index contributed by atoms with van der Waals surface area (Å²) in [7, 11) is -3.86. The van der Waals surface area contributed by atoms with Gasteiger partial charge in [-0.05, 0) is 117 Å². The Bertz CT molecular complexity index is 3120. The van der Waals surface area contributed by atoms with E-state index in [0.29, 0.717) is 56.2 Å². The molecule has 9 rings (SSSR count). The van der Waals surface area contributed by atoms with E-state index in [1.807, 2.05) is 84.1 Å². The van der Waals surface area contributed by atoms with Gasteiger partial charge < -0.3 is 35.7 Å². The zero-order valence-electron chi connectivity index (χ0n) is 40.6. The minimum Gasteiger partial charge on any atom is -0.444 e. The van der Waals surface area contributed by atoms with Gasteiger partial charge >= 0.3 is 12.2 Å². The fraction of sp³-hybridized carbons (Fsp3) is 0.396. The van der Waals surface area contributed by atoms with E-state index in [1.54, 1.807) is 54.9 Å². The second-order valence-electron chi connectivity index (χ2n) is 19.9. The number of carbonyl (C=O) groups excluding carboxylic acids is 2. The van der Waals surface area contributed by atoms with Crippen molar-refractivity contribution in [2.75, 3.05) is 10.6 Å². The minimum atomic E-state index is -3.86. The number of rotatable bonds is 10. The zero-order valence-corrected chi connectivity index (χ0v) is 43.0. The third-order valence-electron chi connectivity index (χ3n) is 12.0. The van der Waals surface area contributed by atoms with Gasteiger partial charge in [-0.2, -0.15) is 0 Å². The number of para-hydroxylation sites is 2. The molecule has 0 unspecified atom stereocenters. The summed E-state index contributed by atoms with van der Waals surface area (Å²) in [5.41, 5.74) is 3.13. The third-order valence-corrected chi connectivity index (χ3v) is 14.3. The number of hydrogen-bond acceptors (Lipinski definition) is 12. The zero-order chi connectivity index (χ0) is 50.5. The van der Waals surface area contributed by atoms with Crippen molar-refractivity contribution in [1.29, 1.82) is 0 Å². The number of anilines is 2. The first-order chi connectivity index (χ1) is 33.8. The fourth-order valence-electron chi connectivity index (χ4n) is 8.98. The topological polar surface area (TPSA) is 207 Å². The number of aromatic nitrogens is 6. The van der Waals surface area contributed by atoms with Crippen LogP contribution in [0.3, 0.4) is 0 Å². The second kappa shape index (κ2) is 22.6. The predicted octanol–water partition coefficient (Wildman–Crippen LogP) is 12.4.